The van der Waals surface area contributed by atoms with Gasteiger partial charge in [0.25, 0.3) is 0 Å². The van der Waals surface area contributed by atoms with E-state index in [4.69, 9.17) is 59.8 Å². The highest BCUT2D eigenvalue weighted by Gasteiger charge is 2.35. The van der Waals surface area contributed by atoms with Crippen molar-refractivity contribution in [3.8, 4) is 68.8 Å². The summed E-state index contributed by atoms with van der Waals surface area (Å²) in [4.78, 5) is 172. The van der Waals surface area contributed by atoms with Crippen molar-refractivity contribution in [2.24, 2.45) is 0 Å². The van der Waals surface area contributed by atoms with E-state index in [1.54, 1.807) is 14.6 Å². The van der Waals surface area contributed by atoms with Crippen molar-refractivity contribution >= 4 is 150 Å². The number of benzene rings is 3. The number of H-pyrrole nitrogens is 4. The van der Waals surface area contributed by atoms with E-state index in [1.807, 2.05) is 0 Å². The highest BCUT2D eigenvalue weighted by atomic mass is 16.4. The monoisotopic (exact) mass is 1220 g/mol. The summed E-state index contributed by atoms with van der Waals surface area (Å²) in [5.74, 6) is -8.94. The van der Waals surface area contributed by atoms with Crippen molar-refractivity contribution in [2.45, 2.75) is 0 Å². The third-order valence-electron chi connectivity index (χ3n) is 15.3. The minimum atomic E-state index is -1.45. The Hall–Kier alpha value is -14.0. The molecule has 0 unspecified atom stereocenters. The van der Waals surface area contributed by atoms with Crippen LogP contribution in [0.4, 0.5) is 0 Å². The Morgan fingerprint density at radius 1 is 0.304 bits per heavy atom. The number of fused-ring (bicyclic) bond motifs is 39. The third kappa shape index (κ3) is 7.95. The van der Waals surface area contributed by atoms with Crippen LogP contribution in [0.5, 0.6) is 0 Å². The molecule has 92 heavy (non-hydrogen) atoms. The van der Waals surface area contributed by atoms with Gasteiger partial charge in [0, 0.05) is 32.7 Å². The van der Waals surface area contributed by atoms with E-state index in [0.29, 0.717) is 16.3 Å². The lowest BCUT2D eigenvalue weighted by Gasteiger charge is -2.13. The van der Waals surface area contributed by atoms with Gasteiger partial charge in [-0.1, -0.05) is 0 Å². The lowest BCUT2D eigenvalue weighted by Crippen LogP contribution is -2.39. The molecule has 5 aliphatic rings. The Bertz CT molecular complexity index is 6050. The first kappa shape index (κ1) is 52.4. The van der Waals surface area contributed by atoms with E-state index < -0.39 is 52.9 Å². The number of rotatable bonds is 6. The number of nitrogens with zero attached hydrogens (tertiary/aromatic N) is 18. The molecule has 36 heteroatoms. The molecule has 16 bridgehead atoms. The minimum Gasteiger partial charge on any atom is -0.478 e. The molecule has 9 aromatic heterocycles. The third-order valence-corrected chi connectivity index (χ3v) is 15.3. The number of carboxylic acids is 6. The normalized spacial score (nSPS) is 12.6. The standard InChI is InChI=1S/C56H22B2N22O12/c81-51(82)13-1-4-16-19(7-13)38-65-35(16)66-39-20-8-14(52(83)84)3-6-18(20)37(69-39)70-41-25-26(42(72-41)71-40-21-9-15(53(85)86)2-5-17(21)36(67-38)68-40)58-27-28(57-25)44-73-43(27)74-45-29-33(63-23(10-59-29)55(89)90)49(76-45)79-47-31-34(64-24(12-61-31)56(91)92)50(80-47)78-46-30-32(48(75-44)77-46)62-22(11-60-30)54(87)88/h1-12H,(H,81,82)(H,83,84)(H,85,86)(H,87,88)(H,89,90)(H,91,92)(H2,65,66,67,68,69,70,71,72)(H2,73,74,75,76,77,78,79,80). The van der Waals surface area contributed by atoms with Gasteiger partial charge in [-0.2, -0.15) is 0 Å². The number of hydrogen-bond donors (Lipinski definition) is 10. The number of carbonyl (C=O) groups is 6. The predicted octanol–water partition coefficient (Wildman–Crippen LogP) is 3.32. The molecule has 0 saturated heterocycles. The maximum absolute atomic E-state index is 12.6. The molecule has 0 saturated carbocycles. The van der Waals surface area contributed by atoms with Gasteiger partial charge in [0.2, 0.25) is 0 Å². The second kappa shape index (κ2) is 18.8. The number of aromatic nitrogens is 22. The first-order valence-corrected chi connectivity index (χ1v) is 26.7. The summed E-state index contributed by atoms with van der Waals surface area (Å²) in [5, 5.41) is 62.1. The summed E-state index contributed by atoms with van der Waals surface area (Å²) in [6.07, 6.45) is 2.95. The van der Waals surface area contributed by atoms with Gasteiger partial charge in [-0.15, -0.1) is 0 Å². The molecule has 12 aromatic rings. The van der Waals surface area contributed by atoms with Crippen LogP contribution in [0.1, 0.15) is 74.2 Å². The van der Waals surface area contributed by atoms with Gasteiger partial charge in [0.15, 0.2) is 89.5 Å². The van der Waals surface area contributed by atoms with Gasteiger partial charge in [-0.3, -0.25) is 0 Å². The molecule has 0 aliphatic carbocycles. The van der Waals surface area contributed by atoms with Gasteiger partial charge in [0.05, 0.1) is 35.3 Å². The zero-order valence-electron chi connectivity index (χ0n) is 45.3. The zero-order valence-corrected chi connectivity index (χ0v) is 45.3. The van der Waals surface area contributed by atoms with Crippen molar-refractivity contribution < 1.29 is 59.4 Å². The molecule has 5 aliphatic heterocycles. The van der Waals surface area contributed by atoms with E-state index in [2.05, 4.69) is 49.8 Å². The maximum Gasteiger partial charge on any atom is 0.356 e. The Labute approximate surface area is 504 Å². The number of nitrogens with one attached hydrogen (secondary N) is 4. The Balaban J connectivity index is 0.972. The van der Waals surface area contributed by atoms with Crippen LogP contribution in [0, 0.1) is 0 Å². The highest BCUT2D eigenvalue weighted by molar-refractivity contribution is 6.95. The van der Waals surface area contributed by atoms with Crippen LogP contribution in [0.2, 0.25) is 0 Å². The fourth-order valence-electron chi connectivity index (χ4n) is 11.0. The van der Waals surface area contributed by atoms with Gasteiger partial charge >= 0.3 is 35.8 Å². The molecule has 0 amide bonds. The fraction of sp³-hybridized carbons (Fsp3) is 0. The Morgan fingerprint density at radius 2 is 0.674 bits per heavy atom. The second-order valence-corrected chi connectivity index (χ2v) is 20.6. The molecular weight excluding hydrogens is 1190 g/mol. The van der Waals surface area contributed by atoms with E-state index in [-0.39, 0.29) is 180 Å². The van der Waals surface area contributed by atoms with E-state index in [9.17, 15) is 59.4 Å². The fourth-order valence-corrected chi connectivity index (χ4v) is 11.0. The summed E-state index contributed by atoms with van der Waals surface area (Å²) >= 11 is 0. The molecule has 0 fully saturated rings. The smallest absolute Gasteiger partial charge is 0.356 e. The minimum absolute atomic E-state index is 0.000540. The van der Waals surface area contributed by atoms with Crippen LogP contribution in [0.3, 0.4) is 0 Å². The summed E-state index contributed by atoms with van der Waals surface area (Å²) in [6.45, 7) is 0. The number of aromatic carboxylic acids is 6. The van der Waals surface area contributed by atoms with Crippen LogP contribution in [0.25, 0.3) is 158 Å². The highest BCUT2D eigenvalue weighted by Crippen LogP contribution is 2.39. The second-order valence-electron chi connectivity index (χ2n) is 20.6. The van der Waals surface area contributed by atoms with Crippen LogP contribution < -0.4 is 10.9 Å². The summed E-state index contributed by atoms with van der Waals surface area (Å²) < 4.78 is 0. The molecule has 34 nitrogen and oxygen atoms in total. The first-order valence-electron chi connectivity index (χ1n) is 26.7. The lowest BCUT2D eigenvalue weighted by atomic mass is 9.44. The average Bonchev–Trinajstić information content (AvgIpc) is 1.59. The topological polar surface area (TPSA) is 519 Å². The SMILES string of the molecule is O=C(O)c1ccc2c(c1)-c1nc-2nc2[nH]c(nc3nc(nc4[nH]c(n1)c1ccc(C(=O)O)cc41)C1=C3[B]c3c(c4nc5nc(nc6[nH]c(nc7nc(nc3[nH]4)-c3nc(C(=O)O)cnc3-7)c3nc(C(=O)O)cnc63)-c3nc(C(=O)O)cnc3-5)[B]1)c1ccc(C(=O)O)cc21. The van der Waals surface area contributed by atoms with Crippen LogP contribution in [-0.4, -0.2) is 191 Å². The van der Waals surface area contributed by atoms with Crippen LogP contribution in [0.15, 0.2) is 73.2 Å². The molecular formula is C56H22B2N22O12. The summed E-state index contributed by atoms with van der Waals surface area (Å²) in [7, 11) is 3.28. The van der Waals surface area contributed by atoms with Gasteiger partial charge in [0.1, 0.15) is 67.7 Å². The number of carboxylic acid groups (broad SMARTS) is 6. The quantitative estimate of drug-likeness (QED) is 0.107. The first-order chi connectivity index (χ1) is 44.4. The molecule has 17 rings (SSSR count). The molecule has 434 valence electrons. The van der Waals surface area contributed by atoms with Gasteiger partial charge in [-0.05, 0) is 76.5 Å². The van der Waals surface area contributed by atoms with E-state index in [0.717, 1.165) is 18.6 Å². The molecule has 10 N–H and O–H groups in total. The van der Waals surface area contributed by atoms with Crippen molar-refractivity contribution in [1.82, 2.24) is 110 Å². The Kier molecular flexibility index (Phi) is 10.7. The van der Waals surface area contributed by atoms with Crippen molar-refractivity contribution in [3.63, 3.8) is 0 Å². The maximum atomic E-state index is 12.6. The molecule has 2 radical (unpaired) electrons. The van der Waals surface area contributed by atoms with Crippen molar-refractivity contribution in [1.29, 1.82) is 0 Å². The summed E-state index contributed by atoms with van der Waals surface area (Å²) in [5.41, 5.74) is -0.696. The molecule has 3 aromatic carbocycles. The van der Waals surface area contributed by atoms with Crippen LogP contribution in [-0.2, 0) is 0 Å². The van der Waals surface area contributed by atoms with Crippen LogP contribution >= 0.6 is 0 Å². The Morgan fingerprint density at radius 3 is 1.18 bits per heavy atom. The molecule has 0 spiro atoms. The number of aromatic amines is 4. The molecule has 0 atom stereocenters. The predicted molar refractivity (Wildman–Crippen MR) is 316 cm³/mol. The zero-order chi connectivity index (χ0) is 62.9. The molecule has 14 heterocycles. The van der Waals surface area contributed by atoms with E-state index >= 15 is 0 Å². The van der Waals surface area contributed by atoms with Gasteiger partial charge < -0.3 is 50.6 Å². The van der Waals surface area contributed by atoms with Crippen molar-refractivity contribution in [3.05, 3.63) is 119 Å². The van der Waals surface area contributed by atoms with Crippen molar-refractivity contribution in [2.75, 3.05) is 0 Å². The van der Waals surface area contributed by atoms with E-state index in [1.165, 1.54) is 54.6 Å². The number of hydrogen-bond acceptors (Lipinski definition) is 24. The largest absolute Gasteiger partial charge is 0.478 e. The lowest BCUT2D eigenvalue weighted by molar-refractivity contribution is 0.0679. The average molecular weight is 1220 g/mol. The van der Waals surface area contributed by atoms with Gasteiger partial charge in [-0.25, -0.2) is 118 Å². The summed E-state index contributed by atoms with van der Waals surface area (Å²) in [6, 6.07) is 12.8.